The maximum atomic E-state index is 7.64. The van der Waals surface area contributed by atoms with Gasteiger partial charge in [0.25, 0.3) is 0 Å². The second-order valence-electron chi connectivity index (χ2n) is 6.28. The van der Waals surface area contributed by atoms with Crippen LogP contribution < -0.4 is 10.5 Å². The molecule has 0 aliphatic carbocycles. The molecule has 0 bridgehead atoms. The summed E-state index contributed by atoms with van der Waals surface area (Å²) in [4.78, 5) is 0. The van der Waals surface area contributed by atoms with Crippen LogP contribution in [-0.2, 0) is 6.42 Å². The number of nitrogens with two attached hydrogens (primary N) is 1. The first kappa shape index (κ1) is 18.1. The maximum absolute atomic E-state index is 7.64. The standard InChI is InChI=1S/C21H28N2O/c1-4-15(3)11-12-24-21-10-9-17(13-16(21)5-2)18-7-6-8-20(23)19(18)14-22/h6-10,13-15,22H,4-5,11-12,23H2,1-3H3. The number of aryl methyl sites for hydroxylation is 1. The van der Waals surface area contributed by atoms with Crippen LogP contribution in [-0.4, -0.2) is 12.8 Å². The lowest BCUT2D eigenvalue weighted by molar-refractivity contribution is 0.279. The van der Waals surface area contributed by atoms with Crippen LogP contribution in [0.15, 0.2) is 36.4 Å². The van der Waals surface area contributed by atoms with Crippen molar-refractivity contribution in [1.29, 1.82) is 5.41 Å². The van der Waals surface area contributed by atoms with E-state index in [0.717, 1.165) is 41.9 Å². The van der Waals surface area contributed by atoms with Gasteiger partial charge in [-0.2, -0.15) is 0 Å². The monoisotopic (exact) mass is 324 g/mol. The molecule has 0 fully saturated rings. The number of hydrogen-bond donors (Lipinski definition) is 2. The Morgan fingerprint density at radius 3 is 2.67 bits per heavy atom. The third-order valence-corrected chi connectivity index (χ3v) is 4.60. The first-order valence-electron chi connectivity index (χ1n) is 8.75. The summed E-state index contributed by atoms with van der Waals surface area (Å²) >= 11 is 0. The van der Waals surface area contributed by atoms with Crippen LogP contribution in [0.5, 0.6) is 5.75 Å². The molecular weight excluding hydrogens is 296 g/mol. The van der Waals surface area contributed by atoms with Crippen molar-refractivity contribution < 1.29 is 4.74 Å². The Bertz CT molecular complexity index is 694. The molecule has 0 amide bonds. The van der Waals surface area contributed by atoms with Crippen molar-refractivity contribution in [3.05, 3.63) is 47.5 Å². The molecule has 0 aromatic heterocycles. The topological polar surface area (TPSA) is 59.1 Å². The largest absolute Gasteiger partial charge is 0.493 e. The molecule has 24 heavy (non-hydrogen) atoms. The van der Waals surface area contributed by atoms with Crippen LogP contribution in [0.1, 0.15) is 44.7 Å². The molecule has 3 N–H and O–H groups in total. The number of ether oxygens (including phenoxy) is 1. The Morgan fingerprint density at radius 1 is 1.21 bits per heavy atom. The Balaban J connectivity index is 2.26. The Kier molecular flexibility index (Phi) is 6.42. The summed E-state index contributed by atoms with van der Waals surface area (Å²) in [5.41, 5.74) is 10.7. The zero-order chi connectivity index (χ0) is 17.5. The summed E-state index contributed by atoms with van der Waals surface area (Å²) in [6, 6.07) is 12.0. The first-order valence-corrected chi connectivity index (χ1v) is 8.75. The third kappa shape index (κ3) is 4.16. The molecule has 0 saturated heterocycles. The highest BCUT2D eigenvalue weighted by molar-refractivity contribution is 5.95. The predicted octanol–water partition coefficient (Wildman–Crippen LogP) is 5.31. The van der Waals surface area contributed by atoms with Crippen molar-refractivity contribution in [2.75, 3.05) is 12.3 Å². The molecule has 0 saturated carbocycles. The van der Waals surface area contributed by atoms with Crippen molar-refractivity contribution >= 4 is 11.9 Å². The van der Waals surface area contributed by atoms with Crippen LogP contribution in [0.3, 0.4) is 0 Å². The predicted molar refractivity (Wildman–Crippen MR) is 103 cm³/mol. The van der Waals surface area contributed by atoms with Crippen LogP contribution >= 0.6 is 0 Å². The van der Waals surface area contributed by atoms with Crippen molar-refractivity contribution in [2.24, 2.45) is 5.92 Å². The molecule has 0 aliphatic rings. The Morgan fingerprint density at radius 2 is 2.00 bits per heavy atom. The highest BCUT2D eigenvalue weighted by atomic mass is 16.5. The average molecular weight is 324 g/mol. The zero-order valence-electron chi connectivity index (χ0n) is 14.9. The number of nitrogen functional groups attached to an aromatic ring is 1. The Hall–Kier alpha value is -2.29. The lowest BCUT2D eigenvalue weighted by atomic mass is 9.96. The van der Waals surface area contributed by atoms with Gasteiger partial charge in [-0.1, -0.05) is 45.4 Å². The second-order valence-corrected chi connectivity index (χ2v) is 6.28. The summed E-state index contributed by atoms with van der Waals surface area (Å²) in [5.74, 6) is 1.65. The summed E-state index contributed by atoms with van der Waals surface area (Å²) in [7, 11) is 0. The minimum absolute atomic E-state index is 0.634. The molecular formula is C21H28N2O. The van der Waals surface area contributed by atoms with Crippen LogP contribution in [0.2, 0.25) is 0 Å². The SMILES string of the molecule is CCc1cc(-c2cccc(N)c2C=N)ccc1OCCC(C)CC. The van der Waals surface area contributed by atoms with E-state index in [1.165, 1.54) is 18.2 Å². The van der Waals surface area contributed by atoms with Gasteiger partial charge in [-0.3, -0.25) is 0 Å². The van der Waals surface area contributed by atoms with Crippen molar-refractivity contribution in [3.63, 3.8) is 0 Å². The fraction of sp³-hybridized carbons (Fsp3) is 0.381. The Labute approximate surface area is 145 Å². The molecule has 2 rings (SSSR count). The molecule has 0 spiro atoms. The van der Waals surface area contributed by atoms with Gasteiger partial charge in [0, 0.05) is 17.5 Å². The van der Waals surface area contributed by atoms with E-state index in [1.54, 1.807) is 0 Å². The number of anilines is 1. The fourth-order valence-corrected chi connectivity index (χ4v) is 2.73. The summed E-state index contributed by atoms with van der Waals surface area (Å²) in [6.07, 6.45) is 4.50. The molecule has 3 nitrogen and oxygen atoms in total. The van der Waals surface area contributed by atoms with Gasteiger partial charge in [0.15, 0.2) is 0 Å². The second kappa shape index (κ2) is 8.53. The van der Waals surface area contributed by atoms with Gasteiger partial charge in [-0.15, -0.1) is 0 Å². The van der Waals surface area contributed by atoms with E-state index in [1.807, 2.05) is 24.3 Å². The third-order valence-electron chi connectivity index (χ3n) is 4.60. The first-order chi connectivity index (χ1) is 11.6. The number of hydrogen-bond acceptors (Lipinski definition) is 3. The number of nitrogens with one attached hydrogen (secondary N) is 1. The normalized spacial score (nSPS) is 12.0. The molecule has 3 heteroatoms. The van der Waals surface area contributed by atoms with Crippen LogP contribution in [0.25, 0.3) is 11.1 Å². The molecule has 0 radical (unpaired) electrons. The molecule has 128 valence electrons. The van der Waals surface area contributed by atoms with E-state index in [9.17, 15) is 0 Å². The van der Waals surface area contributed by atoms with Gasteiger partial charge in [0.2, 0.25) is 0 Å². The number of rotatable bonds is 8. The van der Waals surface area contributed by atoms with Gasteiger partial charge < -0.3 is 15.9 Å². The molecule has 2 aromatic rings. The molecule has 1 unspecified atom stereocenters. The summed E-state index contributed by atoms with van der Waals surface area (Å²) < 4.78 is 6.00. The van der Waals surface area contributed by atoms with E-state index >= 15 is 0 Å². The molecule has 0 heterocycles. The van der Waals surface area contributed by atoms with E-state index in [0.29, 0.717) is 11.6 Å². The number of benzene rings is 2. The van der Waals surface area contributed by atoms with Gasteiger partial charge >= 0.3 is 0 Å². The van der Waals surface area contributed by atoms with Gasteiger partial charge in [0.05, 0.1) is 6.61 Å². The quantitative estimate of drug-likeness (QED) is 0.510. The minimum atomic E-state index is 0.634. The van der Waals surface area contributed by atoms with Crippen molar-refractivity contribution in [1.82, 2.24) is 0 Å². The fourth-order valence-electron chi connectivity index (χ4n) is 2.73. The lowest BCUT2D eigenvalue weighted by Crippen LogP contribution is -2.05. The lowest BCUT2D eigenvalue weighted by Gasteiger charge is -2.15. The maximum Gasteiger partial charge on any atom is 0.122 e. The van der Waals surface area contributed by atoms with E-state index in [-0.39, 0.29) is 0 Å². The van der Waals surface area contributed by atoms with Gasteiger partial charge in [-0.25, -0.2) is 0 Å². The van der Waals surface area contributed by atoms with Crippen molar-refractivity contribution in [2.45, 2.75) is 40.0 Å². The summed E-state index contributed by atoms with van der Waals surface area (Å²) in [5, 5.41) is 7.64. The van der Waals surface area contributed by atoms with E-state index in [4.69, 9.17) is 15.9 Å². The molecule has 1 atom stereocenters. The molecule has 2 aromatic carbocycles. The smallest absolute Gasteiger partial charge is 0.122 e. The van der Waals surface area contributed by atoms with Crippen LogP contribution in [0.4, 0.5) is 5.69 Å². The van der Waals surface area contributed by atoms with Crippen molar-refractivity contribution in [3.8, 4) is 16.9 Å². The minimum Gasteiger partial charge on any atom is -0.493 e. The molecule has 0 aliphatic heterocycles. The van der Waals surface area contributed by atoms with E-state index in [2.05, 4.69) is 32.9 Å². The van der Waals surface area contributed by atoms with Gasteiger partial charge in [-0.05, 0) is 53.6 Å². The van der Waals surface area contributed by atoms with Crippen LogP contribution in [0, 0.1) is 11.3 Å². The van der Waals surface area contributed by atoms with Gasteiger partial charge in [0.1, 0.15) is 5.75 Å². The highest BCUT2D eigenvalue weighted by Crippen LogP contribution is 2.31. The zero-order valence-corrected chi connectivity index (χ0v) is 14.9. The average Bonchev–Trinajstić information content (AvgIpc) is 2.61. The van der Waals surface area contributed by atoms with E-state index < -0.39 is 0 Å². The highest BCUT2D eigenvalue weighted by Gasteiger charge is 2.10. The summed E-state index contributed by atoms with van der Waals surface area (Å²) in [6.45, 7) is 7.36.